The first kappa shape index (κ1) is 14.9. The molecular weight excluding hydrogens is 233 g/mol. The number of phenolic OH excluding ortho intramolecular Hbond substituents is 1. The molecule has 1 atom stereocenters. The molecule has 4 heteroatoms. The molecule has 0 aromatic heterocycles. The van der Waals surface area contributed by atoms with Crippen LogP contribution in [0.25, 0.3) is 0 Å². The highest BCUT2D eigenvalue weighted by Crippen LogP contribution is 2.24. The van der Waals surface area contributed by atoms with E-state index in [1.807, 2.05) is 32.7 Å². The predicted molar refractivity (Wildman–Crippen MR) is 70.2 cm³/mol. The summed E-state index contributed by atoms with van der Waals surface area (Å²) in [5, 5.41) is 9.19. The normalized spacial score (nSPS) is 13.3. The van der Waals surface area contributed by atoms with Crippen LogP contribution in [0.1, 0.15) is 32.4 Å². The third kappa shape index (κ3) is 4.27. The highest BCUT2D eigenvalue weighted by atomic mass is 19.1. The molecule has 0 spiro atoms. The molecule has 1 rings (SSSR count). The number of halogens is 1. The van der Waals surface area contributed by atoms with Gasteiger partial charge in [0.2, 0.25) is 0 Å². The number of benzene rings is 1. The van der Waals surface area contributed by atoms with E-state index < -0.39 is 0 Å². The molecule has 0 fully saturated rings. The standard InChI is InChI=1S/C14H22FNO2/c1-10(2)18-8-7-16(4)11(3)13-6-5-12(17)9-14(13)15/h5-6,9-11,17H,7-8H2,1-4H3. The van der Waals surface area contributed by atoms with Gasteiger partial charge in [-0.1, -0.05) is 6.07 Å². The van der Waals surface area contributed by atoms with E-state index in [1.165, 1.54) is 6.07 Å². The third-order valence-corrected chi connectivity index (χ3v) is 2.99. The van der Waals surface area contributed by atoms with E-state index in [4.69, 9.17) is 4.74 Å². The molecule has 0 heterocycles. The van der Waals surface area contributed by atoms with Crippen LogP contribution in [0.5, 0.6) is 5.75 Å². The van der Waals surface area contributed by atoms with Gasteiger partial charge in [-0.2, -0.15) is 0 Å². The fourth-order valence-electron chi connectivity index (χ4n) is 1.72. The largest absolute Gasteiger partial charge is 0.508 e. The maximum absolute atomic E-state index is 13.7. The van der Waals surface area contributed by atoms with Gasteiger partial charge in [0.15, 0.2) is 0 Å². The van der Waals surface area contributed by atoms with Gasteiger partial charge in [0, 0.05) is 24.2 Å². The van der Waals surface area contributed by atoms with Crippen molar-refractivity contribution in [3.63, 3.8) is 0 Å². The average Bonchev–Trinajstić information content (AvgIpc) is 2.27. The highest BCUT2D eigenvalue weighted by molar-refractivity contribution is 5.29. The van der Waals surface area contributed by atoms with Crippen molar-refractivity contribution in [2.75, 3.05) is 20.2 Å². The molecule has 0 saturated carbocycles. The summed E-state index contributed by atoms with van der Waals surface area (Å²) in [6, 6.07) is 4.22. The van der Waals surface area contributed by atoms with Crippen LogP contribution in [-0.4, -0.2) is 36.3 Å². The van der Waals surface area contributed by atoms with E-state index in [0.29, 0.717) is 12.2 Å². The van der Waals surface area contributed by atoms with Gasteiger partial charge in [-0.25, -0.2) is 4.39 Å². The molecule has 1 aromatic carbocycles. The van der Waals surface area contributed by atoms with Crippen molar-refractivity contribution in [3.8, 4) is 5.75 Å². The Balaban J connectivity index is 2.59. The molecule has 1 unspecified atom stereocenters. The summed E-state index contributed by atoms with van der Waals surface area (Å²) < 4.78 is 19.2. The second-order valence-corrected chi connectivity index (χ2v) is 4.78. The molecule has 1 aromatic rings. The number of likely N-dealkylation sites (N-methyl/N-ethyl adjacent to an activating group) is 1. The third-order valence-electron chi connectivity index (χ3n) is 2.99. The van der Waals surface area contributed by atoms with Crippen LogP contribution in [0.4, 0.5) is 4.39 Å². The highest BCUT2D eigenvalue weighted by Gasteiger charge is 2.15. The molecule has 0 aliphatic heterocycles. The second-order valence-electron chi connectivity index (χ2n) is 4.78. The fourth-order valence-corrected chi connectivity index (χ4v) is 1.72. The minimum absolute atomic E-state index is 0.0470. The Bertz CT molecular complexity index is 382. The van der Waals surface area contributed by atoms with Crippen molar-refractivity contribution in [3.05, 3.63) is 29.6 Å². The predicted octanol–water partition coefficient (Wildman–Crippen LogP) is 2.95. The summed E-state index contributed by atoms with van der Waals surface area (Å²) in [4.78, 5) is 2.03. The van der Waals surface area contributed by atoms with Crippen LogP contribution >= 0.6 is 0 Å². The molecule has 1 N–H and O–H groups in total. The van der Waals surface area contributed by atoms with Crippen molar-refractivity contribution in [1.29, 1.82) is 0 Å². The molecule has 3 nitrogen and oxygen atoms in total. The average molecular weight is 255 g/mol. The lowest BCUT2D eigenvalue weighted by Crippen LogP contribution is -2.27. The SMILES string of the molecule is CC(C)OCCN(C)C(C)c1ccc(O)cc1F. The van der Waals surface area contributed by atoms with Crippen LogP contribution in [0.3, 0.4) is 0 Å². The van der Waals surface area contributed by atoms with Crippen LogP contribution in [0.15, 0.2) is 18.2 Å². The van der Waals surface area contributed by atoms with Gasteiger partial charge < -0.3 is 9.84 Å². The summed E-state index contributed by atoms with van der Waals surface area (Å²) in [5.41, 5.74) is 0.583. The molecule has 0 radical (unpaired) electrons. The van der Waals surface area contributed by atoms with Gasteiger partial charge in [0.1, 0.15) is 11.6 Å². The number of aromatic hydroxyl groups is 1. The Morgan fingerprint density at radius 3 is 2.56 bits per heavy atom. The maximum Gasteiger partial charge on any atom is 0.131 e. The number of ether oxygens (including phenoxy) is 1. The first-order valence-corrected chi connectivity index (χ1v) is 6.22. The molecule has 18 heavy (non-hydrogen) atoms. The van der Waals surface area contributed by atoms with Gasteiger partial charge in [-0.05, 0) is 33.9 Å². The van der Waals surface area contributed by atoms with E-state index in [0.717, 1.165) is 12.6 Å². The molecule has 102 valence electrons. The monoisotopic (exact) mass is 255 g/mol. The molecule has 0 saturated heterocycles. The maximum atomic E-state index is 13.7. The van der Waals surface area contributed by atoms with Crippen molar-refractivity contribution < 1.29 is 14.2 Å². The lowest BCUT2D eigenvalue weighted by molar-refractivity contribution is 0.0570. The first-order valence-electron chi connectivity index (χ1n) is 6.22. The van der Waals surface area contributed by atoms with Crippen LogP contribution in [0.2, 0.25) is 0 Å². The number of rotatable bonds is 6. The minimum atomic E-state index is -0.376. The topological polar surface area (TPSA) is 32.7 Å². The summed E-state index contributed by atoms with van der Waals surface area (Å²) in [6.07, 6.45) is 0.208. The van der Waals surface area contributed by atoms with Gasteiger partial charge in [-0.15, -0.1) is 0 Å². The van der Waals surface area contributed by atoms with Gasteiger partial charge in [0.05, 0.1) is 12.7 Å². The fraction of sp³-hybridized carbons (Fsp3) is 0.571. The zero-order chi connectivity index (χ0) is 13.7. The van der Waals surface area contributed by atoms with Crippen molar-refractivity contribution >= 4 is 0 Å². The Hall–Kier alpha value is -1.13. The van der Waals surface area contributed by atoms with Gasteiger partial charge in [0.25, 0.3) is 0 Å². The van der Waals surface area contributed by atoms with Crippen LogP contribution in [-0.2, 0) is 4.74 Å². The second kappa shape index (κ2) is 6.71. The number of hydrogen-bond acceptors (Lipinski definition) is 3. The Labute approximate surface area is 108 Å². The molecule has 0 amide bonds. The zero-order valence-electron chi connectivity index (χ0n) is 11.5. The van der Waals surface area contributed by atoms with Crippen LogP contribution in [0, 0.1) is 5.82 Å². The lowest BCUT2D eigenvalue weighted by atomic mass is 10.1. The van der Waals surface area contributed by atoms with Crippen molar-refractivity contribution in [2.45, 2.75) is 32.9 Å². The van der Waals surface area contributed by atoms with E-state index >= 15 is 0 Å². The summed E-state index contributed by atoms with van der Waals surface area (Å²) >= 11 is 0. The van der Waals surface area contributed by atoms with Gasteiger partial charge in [-0.3, -0.25) is 4.90 Å². The summed E-state index contributed by atoms with van der Waals surface area (Å²) in [6.45, 7) is 7.27. The van der Waals surface area contributed by atoms with E-state index in [-0.39, 0.29) is 23.7 Å². The van der Waals surface area contributed by atoms with E-state index in [9.17, 15) is 9.50 Å². The zero-order valence-corrected chi connectivity index (χ0v) is 11.5. The number of nitrogens with zero attached hydrogens (tertiary/aromatic N) is 1. The van der Waals surface area contributed by atoms with Crippen LogP contribution < -0.4 is 0 Å². The van der Waals surface area contributed by atoms with E-state index in [2.05, 4.69) is 0 Å². The molecule has 0 bridgehead atoms. The number of hydrogen-bond donors (Lipinski definition) is 1. The van der Waals surface area contributed by atoms with Crippen molar-refractivity contribution in [2.24, 2.45) is 0 Å². The summed E-state index contributed by atoms with van der Waals surface area (Å²) in [5.74, 6) is -0.423. The van der Waals surface area contributed by atoms with Crippen molar-refractivity contribution in [1.82, 2.24) is 4.90 Å². The minimum Gasteiger partial charge on any atom is -0.508 e. The Kier molecular flexibility index (Phi) is 5.56. The number of phenols is 1. The Morgan fingerprint density at radius 1 is 1.33 bits per heavy atom. The summed E-state index contributed by atoms with van der Waals surface area (Å²) in [7, 11) is 1.93. The van der Waals surface area contributed by atoms with Gasteiger partial charge >= 0.3 is 0 Å². The molecular formula is C14H22FNO2. The smallest absolute Gasteiger partial charge is 0.131 e. The first-order chi connectivity index (χ1) is 8.41. The lowest BCUT2D eigenvalue weighted by Gasteiger charge is -2.25. The van der Waals surface area contributed by atoms with E-state index in [1.54, 1.807) is 6.07 Å². The quantitative estimate of drug-likeness (QED) is 0.848. The molecule has 0 aliphatic rings. The molecule has 0 aliphatic carbocycles. The Morgan fingerprint density at radius 2 is 2.00 bits per heavy atom.